The van der Waals surface area contributed by atoms with Crippen LogP contribution in [0.15, 0.2) is 18.2 Å². The monoisotopic (exact) mass is 258 g/mol. The molecule has 1 aromatic carbocycles. The Labute approximate surface area is 107 Å². The van der Waals surface area contributed by atoms with E-state index in [0.717, 1.165) is 18.8 Å². The van der Waals surface area contributed by atoms with Gasteiger partial charge < -0.3 is 10.2 Å². The van der Waals surface area contributed by atoms with E-state index in [1.165, 1.54) is 0 Å². The van der Waals surface area contributed by atoms with Crippen molar-refractivity contribution in [1.29, 1.82) is 0 Å². The molecule has 2 unspecified atom stereocenters. The van der Waals surface area contributed by atoms with Crippen LogP contribution in [0.5, 0.6) is 0 Å². The molecule has 16 heavy (non-hydrogen) atoms. The second-order valence-electron chi connectivity index (χ2n) is 4.45. The number of rotatable bonds is 1. The largest absolute Gasteiger partial charge is 0.367 e. The van der Waals surface area contributed by atoms with Gasteiger partial charge >= 0.3 is 0 Å². The molecule has 2 rings (SSSR count). The van der Waals surface area contributed by atoms with Crippen LogP contribution in [0.1, 0.15) is 13.8 Å². The highest BCUT2D eigenvalue weighted by atomic mass is 35.5. The highest BCUT2D eigenvalue weighted by Crippen LogP contribution is 2.33. The van der Waals surface area contributed by atoms with Gasteiger partial charge in [0.2, 0.25) is 0 Å². The molecule has 0 radical (unpaired) electrons. The molecule has 1 heterocycles. The summed E-state index contributed by atoms with van der Waals surface area (Å²) >= 11 is 12.3. The van der Waals surface area contributed by atoms with E-state index in [-0.39, 0.29) is 0 Å². The van der Waals surface area contributed by atoms with Gasteiger partial charge in [-0.25, -0.2) is 0 Å². The summed E-state index contributed by atoms with van der Waals surface area (Å²) in [7, 11) is 0. The van der Waals surface area contributed by atoms with Crippen molar-refractivity contribution in [2.75, 3.05) is 18.0 Å². The standard InChI is InChI=1S/C12H16Cl2N2/c1-8-6-16(7-9(2)15-8)11-5-3-4-10(13)12(11)14/h3-5,8-9,15H,6-7H2,1-2H3. The molecule has 88 valence electrons. The fourth-order valence-corrected chi connectivity index (χ4v) is 2.68. The first-order valence-electron chi connectivity index (χ1n) is 5.53. The second-order valence-corrected chi connectivity index (χ2v) is 5.23. The first-order chi connectivity index (χ1) is 7.58. The maximum Gasteiger partial charge on any atom is 0.0825 e. The third kappa shape index (κ3) is 2.45. The van der Waals surface area contributed by atoms with Gasteiger partial charge in [0.05, 0.1) is 15.7 Å². The third-order valence-electron chi connectivity index (χ3n) is 2.83. The van der Waals surface area contributed by atoms with Crippen LogP contribution in [0, 0.1) is 0 Å². The fraction of sp³-hybridized carbons (Fsp3) is 0.500. The molecule has 0 spiro atoms. The Kier molecular flexibility index (Phi) is 3.63. The molecule has 2 atom stereocenters. The minimum atomic E-state index is 0.471. The van der Waals surface area contributed by atoms with Gasteiger partial charge in [-0.3, -0.25) is 0 Å². The van der Waals surface area contributed by atoms with Crippen LogP contribution in [0.4, 0.5) is 5.69 Å². The summed E-state index contributed by atoms with van der Waals surface area (Å²) in [4.78, 5) is 2.29. The van der Waals surface area contributed by atoms with Crippen molar-refractivity contribution in [2.45, 2.75) is 25.9 Å². The normalized spacial score (nSPS) is 25.9. The van der Waals surface area contributed by atoms with Gasteiger partial charge in [0.1, 0.15) is 0 Å². The molecule has 1 aromatic rings. The topological polar surface area (TPSA) is 15.3 Å². The molecular formula is C12H16Cl2N2. The maximum atomic E-state index is 6.23. The van der Waals surface area contributed by atoms with Gasteiger partial charge in [-0.2, -0.15) is 0 Å². The van der Waals surface area contributed by atoms with Crippen LogP contribution in [-0.4, -0.2) is 25.2 Å². The molecule has 0 aliphatic carbocycles. The highest BCUT2D eigenvalue weighted by molar-refractivity contribution is 6.43. The number of nitrogens with zero attached hydrogens (tertiary/aromatic N) is 1. The van der Waals surface area contributed by atoms with Crippen LogP contribution >= 0.6 is 23.2 Å². The number of benzene rings is 1. The summed E-state index contributed by atoms with van der Waals surface area (Å²) in [6.07, 6.45) is 0. The first-order valence-corrected chi connectivity index (χ1v) is 6.28. The van der Waals surface area contributed by atoms with Crippen molar-refractivity contribution in [2.24, 2.45) is 0 Å². The summed E-state index contributed by atoms with van der Waals surface area (Å²) in [5.74, 6) is 0. The molecule has 0 aromatic heterocycles. The van der Waals surface area contributed by atoms with Gasteiger partial charge in [0, 0.05) is 25.2 Å². The zero-order valence-electron chi connectivity index (χ0n) is 9.50. The van der Waals surface area contributed by atoms with Crippen molar-refractivity contribution in [3.8, 4) is 0 Å². The maximum absolute atomic E-state index is 6.23. The van der Waals surface area contributed by atoms with E-state index in [1.54, 1.807) is 0 Å². The second kappa shape index (κ2) is 4.82. The third-order valence-corrected chi connectivity index (χ3v) is 3.64. The van der Waals surface area contributed by atoms with Gasteiger partial charge in [0.15, 0.2) is 0 Å². The Bertz CT molecular complexity index is 371. The highest BCUT2D eigenvalue weighted by Gasteiger charge is 2.22. The van der Waals surface area contributed by atoms with Gasteiger partial charge in [-0.05, 0) is 26.0 Å². The number of hydrogen-bond donors (Lipinski definition) is 1. The van der Waals surface area contributed by atoms with E-state index < -0.39 is 0 Å². The van der Waals surface area contributed by atoms with Crippen LogP contribution in [0.25, 0.3) is 0 Å². The lowest BCUT2D eigenvalue weighted by molar-refractivity contribution is 0.407. The lowest BCUT2D eigenvalue weighted by Gasteiger charge is -2.38. The predicted octanol–water partition coefficient (Wildman–Crippen LogP) is 3.18. The zero-order chi connectivity index (χ0) is 11.7. The van der Waals surface area contributed by atoms with E-state index in [4.69, 9.17) is 23.2 Å². The number of piperazine rings is 1. The summed E-state index contributed by atoms with van der Waals surface area (Å²) in [5, 5.41) is 4.78. The molecule has 1 fully saturated rings. The van der Waals surface area contributed by atoms with E-state index in [0.29, 0.717) is 22.1 Å². The first kappa shape index (κ1) is 12.0. The molecule has 1 saturated heterocycles. The van der Waals surface area contributed by atoms with E-state index in [1.807, 2.05) is 18.2 Å². The quantitative estimate of drug-likeness (QED) is 0.833. The number of anilines is 1. The minimum Gasteiger partial charge on any atom is -0.367 e. The van der Waals surface area contributed by atoms with Crippen molar-refractivity contribution in [3.63, 3.8) is 0 Å². The van der Waals surface area contributed by atoms with Crippen LogP contribution in [0.3, 0.4) is 0 Å². The Balaban J connectivity index is 2.26. The summed E-state index contributed by atoms with van der Waals surface area (Å²) in [5.41, 5.74) is 1.04. The molecule has 1 N–H and O–H groups in total. The lowest BCUT2D eigenvalue weighted by atomic mass is 10.1. The summed E-state index contributed by atoms with van der Waals surface area (Å²) < 4.78 is 0. The van der Waals surface area contributed by atoms with Crippen LogP contribution < -0.4 is 10.2 Å². The van der Waals surface area contributed by atoms with Crippen molar-refractivity contribution >= 4 is 28.9 Å². The number of hydrogen-bond acceptors (Lipinski definition) is 2. The molecule has 0 bridgehead atoms. The van der Waals surface area contributed by atoms with Crippen molar-refractivity contribution < 1.29 is 0 Å². The number of nitrogens with one attached hydrogen (secondary N) is 1. The Morgan fingerprint density at radius 1 is 1.19 bits per heavy atom. The number of halogens is 2. The molecule has 1 aliphatic heterocycles. The van der Waals surface area contributed by atoms with E-state index in [9.17, 15) is 0 Å². The van der Waals surface area contributed by atoms with Gasteiger partial charge in [0.25, 0.3) is 0 Å². The molecule has 0 amide bonds. The molecule has 2 nitrogen and oxygen atoms in total. The van der Waals surface area contributed by atoms with E-state index >= 15 is 0 Å². The van der Waals surface area contributed by atoms with Crippen LogP contribution in [-0.2, 0) is 0 Å². The summed E-state index contributed by atoms with van der Waals surface area (Å²) in [6, 6.07) is 6.74. The zero-order valence-corrected chi connectivity index (χ0v) is 11.0. The van der Waals surface area contributed by atoms with Gasteiger partial charge in [-0.15, -0.1) is 0 Å². The van der Waals surface area contributed by atoms with Crippen molar-refractivity contribution in [3.05, 3.63) is 28.2 Å². The summed E-state index contributed by atoms with van der Waals surface area (Å²) in [6.45, 7) is 6.29. The average molecular weight is 259 g/mol. The SMILES string of the molecule is CC1CN(c2cccc(Cl)c2Cl)CC(C)N1. The predicted molar refractivity (Wildman–Crippen MR) is 70.7 cm³/mol. The Morgan fingerprint density at radius 3 is 2.44 bits per heavy atom. The van der Waals surface area contributed by atoms with Gasteiger partial charge in [-0.1, -0.05) is 29.3 Å². The van der Waals surface area contributed by atoms with Crippen molar-refractivity contribution in [1.82, 2.24) is 5.32 Å². The fourth-order valence-electron chi connectivity index (χ4n) is 2.26. The van der Waals surface area contributed by atoms with E-state index in [2.05, 4.69) is 24.1 Å². The Hall–Kier alpha value is -0.440. The molecule has 0 saturated carbocycles. The molecular weight excluding hydrogens is 243 g/mol. The smallest absolute Gasteiger partial charge is 0.0825 e. The molecule has 4 heteroatoms. The minimum absolute atomic E-state index is 0.471. The Morgan fingerprint density at radius 2 is 1.81 bits per heavy atom. The lowest BCUT2D eigenvalue weighted by Crippen LogP contribution is -2.54. The average Bonchev–Trinajstić information content (AvgIpc) is 2.20. The molecule has 1 aliphatic rings. The van der Waals surface area contributed by atoms with Crippen LogP contribution in [0.2, 0.25) is 10.0 Å².